The van der Waals surface area contributed by atoms with E-state index in [-0.39, 0.29) is 93.2 Å². The zero-order chi connectivity index (χ0) is 57.6. The number of hydrazone groups is 4. The van der Waals surface area contributed by atoms with E-state index in [1.807, 2.05) is 121 Å². The molecule has 84 heavy (non-hydrogen) atoms. The van der Waals surface area contributed by atoms with Gasteiger partial charge < -0.3 is 41.7 Å². The van der Waals surface area contributed by atoms with Crippen LogP contribution in [-0.2, 0) is 44.9 Å². The summed E-state index contributed by atoms with van der Waals surface area (Å²) < 4.78 is 0. The molecule has 4 unspecified atom stereocenters. The van der Waals surface area contributed by atoms with Crippen molar-refractivity contribution >= 4 is 47.0 Å². The van der Waals surface area contributed by atoms with Crippen LogP contribution in [0.5, 0.6) is 23.0 Å². The molecule has 4 amide bonds. The Hall–Kier alpha value is -11.3. The summed E-state index contributed by atoms with van der Waals surface area (Å²) in [5.41, 5.74) is 18.2. The SMILES string of the molecule is O=C1NC(c2ccccc2)=NNC1c1cc2c(O)c(c1)Cc1cc(C3NN=C(c4ccccc4)NC3=O)cc(c1O)Cc1cc(C3NN=C(c4ccccc4)NC3=O)cc(c1O)Cc1cc(C3NN=C(c4ccccc4)NC3=O)cc(c1O)C2. The molecule has 4 heterocycles. The van der Waals surface area contributed by atoms with Crippen molar-refractivity contribution in [3.8, 4) is 23.0 Å². The Bertz CT molecular complexity index is 3510. The minimum atomic E-state index is -1.09. The van der Waals surface area contributed by atoms with Crippen LogP contribution in [0.3, 0.4) is 0 Å². The van der Waals surface area contributed by atoms with Crippen molar-refractivity contribution < 1.29 is 39.6 Å². The van der Waals surface area contributed by atoms with Crippen LogP contribution in [0.2, 0.25) is 0 Å². The molecule has 5 aliphatic rings. The Balaban J connectivity index is 0.978. The predicted molar refractivity (Wildman–Crippen MR) is 312 cm³/mol. The highest BCUT2D eigenvalue weighted by atomic mass is 16.3. The Morgan fingerprint density at radius 1 is 0.286 bits per heavy atom. The number of amides is 4. The van der Waals surface area contributed by atoms with Crippen molar-refractivity contribution in [1.29, 1.82) is 0 Å². The van der Waals surface area contributed by atoms with E-state index in [0.717, 1.165) is 0 Å². The molecule has 13 rings (SSSR count). The summed E-state index contributed by atoms with van der Waals surface area (Å²) in [5.74, 6) is -1.52. The Kier molecular flexibility index (Phi) is 13.4. The Morgan fingerprint density at radius 2 is 0.464 bits per heavy atom. The summed E-state index contributed by atoms with van der Waals surface area (Å²) in [4.78, 5) is 56.8. The summed E-state index contributed by atoms with van der Waals surface area (Å²) in [5, 5.41) is 80.2. The number of hydrogen-bond acceptors (Lipinski definition) is 16. The molecule has 8 aromatic rings. The fourth-order valence-electron chi connectivity index (χ4n) is 11.2. The smallest absolute Gasteiger partial charge is 0.254 e. The van der Waals surface area contributed by atoms with Crippen LogP contribution < -0.4 is 43.0 Å². The number of hydrogen-bond donors (Lipinski definition) is 12. The number of rotatable bonds is 8. The van der Waals surface area contributed by atoms with E-state index in [4.69, 9.17) is 0 Å². The van der Waals surface area contributed by atoms with Gasteiger partial charge in [-0.3, -0.25) is 40.9 Å². The molecule has 0 saturated carbocycles. The molecule has 0 saturated heterocycles. The molecule has 0 fully saturated rings. The first-order valence-corrected chi connectivity index (χ1v) is 27.1. The quantitative estimate of drug-likeness (QED) is 0.0876. The normalized spacial score (nSPS) is 19.1. The number of phenols is 4. The zero-order valence-electron chi connectivity index (χ0n) is 44.5. The van der Waals surface area contributed by atoms with Crippen molar-refractivity contribution in [3.63, 3.8) is 0 Å². The van der Waals surface area contributed by atoms with E-state index in [1.165, 1.54) is 0 Å². The van der Waals surface area contributed by atoms with Crippen molar-refractivity contribution in [1.82, 2.24) is 43.0 Å². The second-order valence-electron chi connectivity index (χ2n) is 21.0. The first-order valence-electron chi connectivity index (χ1n) is 27.1. The topological polar surface area (TPSA) is 295 Å². The molecule has 4 aliphatic heterocycles. The van der Waals surface area contributed by atoms with Gasteiger partial charge >= 0.3 is 0 Å². The largest absolute Gasteiger partial charge is 0.507 e. The maximum absolute atomic E-state index is 14.2. The number of fused-ring (bicyclic) bond motifs is 8. The standard InChI is InChI=1S/C64H52N12O8/c77-53-41-21-37(49-61(81)65-57(73-69-49)33-13-5-1-6-14-33)22-42(53)30-44-24-39(51-63(83)67-59(75-71-51)35-17-9-3-10-18-35)26-46(55(44)79)32-48-28-40(52-64(84)68-60(76-72-52)36-19-11-4-12-20-36)27-47(56(48)80)31-45-25-38(23-43(29-41)54(45)78)50-62(82)66-58(74-70-50)34-15-7-2-8-16-34/h1-28,49-52,69-72,77-80H,29-32H2,(H,65,73,81)(H,66,74,82)(H,67,75,83)(H,68,76,84). The molecular formula is C64H52N12O8. The van der Waals surface area contributed by atoms with Gasteiger partial charge in [0, 0.05) is 47.9 Å². The van der Waals surface area contributed by atoms with Crippen molar-refractivity contribution in [2.75, 3.05) is 0 Å². The maximum Gasteiger partial charge on any atom is 0.254 e. The van der Waals surface area contributed by atoms with E-state index in [0.29, 0.717) is 67.9 Å². The minimum Gasteiger partial charge on any atom is -0.507 e. The third kappa shape index (κ3) is 10.1. The molecular weight excluding hydrogens is 1060 g/mol. The highest BCUT2D eigenvalue weighted by Gasteiger charge is 2.34. The van der Waals surface area contributed by atoms with E-state index in [9.17, 15) is 39.6 Å². The monoisotopic (exact) mass is 1120 g/mol. The first kappa shape index (κ1) is 52.1. The van der Waals surface area contributed by atoms with Crippen LogP contribution in [0.25, 0.3) is 0 Å². The molecule has 8 bridgehead atoms. The summed E-state index contributed by atoms with van der Waals surface area (Å²) in [6, 6.07) is 45.1. The maximum atomic E-state index is 14.2. The molecule has 0 aromatic heterocycles. The summed E-state index contributed by atoms with van der Waals surface area (Å²) in [6.07, 6.45) is -0.740. The Labute approximate surface area is 479 Å². The summed E-state index contributed by atoms with van der Waals surface area (Å²) in [7, 11) is 0. The molecule has 416 valence electrons. The van der Waals surface area contributed by atoms with Gasteiger partial charge in [0.1, 0.15) is 47.2 Å². The lowest BCUT2D eigenvalue weighted by molar-refractivity contribution is -0.123. The van der Waals surface area contributed by atoms with E-state index in [1.54, 1.807) is 48.5 Å². The lowest BCUT2D eigenvalue weighted by Gasteiger charge is -2.27. The number of carbonyl (C=O) groups is 4. The molecule has 0 radical (unpaired) electrons. The number of nitrogens with one attached hydrogen (secondary N) is 8. The third-order valence-electron chi connectivity index (χ3n) is 15.4. The van der Waals surface area contributed by atoms with Crippen LogP contribution in [0.4, 0.5) is 0 Å². The zero-order valence-corrected chi connectivity index (χ0v) is 44.5. The third-order valence-corrected chi connectivity index (χ3v) is 15.4. The second kappa shape index (κ2) is 21.6. The number of benzene rings is 8. The lowest BCUT2D eigenvalue weighted by Crippen LogP contribution is -2.45. The van der Waals surface area contributed by atoms with E-state index in [2.05, 4.69) is 63.4 Å². The van der Waals surface area contributed by atoms with Crippen LogP contribution in [0.15, 0.2) is 190 Å². The Morgan fingerprint density at radius 3 is 0.631 bits per heavy atom. The van der Waals surface area contributed by atoms with Crippen molar-refractivity contribution in [3.05, 3.63) is 259 Å². The number of aromatic hydroxyl groups is 4. The average Bonchev–Trinajstić information content (AvgIpc) is 2.41. The highest BCUT2D eigenvalue weighted by molar-refractivity contribution is 6.13. The fourth-order valence-corrected chi connectivity index (χ4v) is 11.2. The van der Waals surface area contributed by atoms with Gasteiger partial charge in [-0.1, -0.05) is 121 Å². The molecule has 20 heteroatoms. The van der Waals surface area contributed by atoms with Crippen LogP contribution >= 0.6 is 0 Å². The average molecular weight is 1120 g/mol. The number of nitrogens with zero attached hydrogens (tertiary/aromatic N) is 4. The minimum absolute atomic E-state index is 0.185. The number of amidine groups is 4. The molecule has 4 atom stereocenters. The van der Waals surface area contributed by atoms with Gasteiger partial charge in [0.25, 0.3) is 23.6 Å². The van der Waals surface area contributed by atoms with Crippen LogP contribution in [0.1, 0.15) is 113 Å². The van der Waals surface area contributed by atoms with Gasteiger partial charge in [0.15, 0.2) is 23.3 Å². The van der Waals surface area contributed by atoms with Gasteiger partial charge in [-0.2, -0.15) is 20.4 Å². The number of phenolic OH excluding ortho intramolecular Hbond substituents is 4. The van der Waals surface area contributed by atoms with Gasteiger partial charge in [-0.25, -0.2) is 0 Å². The van der Waals surface area contributed by atoms with Gasteiger partial charge in [0.05, 0.1) is 0 Å². The highest BCUT2D eigenvalue weighted by Crippen LogP contribution is 2.42. The van der Waals surface area contributed by atoms with Gasteiger partial charge in [-0.15, -0.1) is 0 Å². The second-order valence-corrected chi connectivity index (χ2v) is 21.0. The van der Waals surface area contributed by atoms with Crippen LogP contribution in [-0.4, -0.2) is 67.4 Å². The van der Waals surface area contributed by atoms with E-state index < -0.39 is 47.8 Å². The molecule has 12 N–H and O–H groups in total. The number of carbonyl (C=O) groups excluding carboxylic acids is 4. The van der Waals surface area contributed by atoms with Crippen molar-refractivity contribution in [2.45, 2.75) is 49.9 Å². The van der Waals surface area contributed by atoms with E-state index >= 15 is 0 Å². The molecule has 1 aliphatic carbocycles. The van der Waals surface area contributed by atoms with Crippen molar-refractivity contribution in [2.24, 2.45) is 20.4 Å². The first-order chi connectivity index (χ1) is 40.9. The fraction of sp³-hybridized carbons (Fsp3) is 0.125. The molecule has 8 aromatic carbocycles. The molecule has 0 spiro atoms. The van der Waals surface area contributed by atoms with Gasteiger partial charge in [-0.05, 0) is 115 Å². The summed E-state index contributed by atoms with van der Waals surface area (Å²) >= 11 is 0. The summed E-state index contributed by atoms with van der Waals surface area (Å²) in [6.45, 7) is 0. The van der Waals surface area contributed by atoms with Crippen LogP contribution in [0, 0.1) is 0 Å². The molecule has 20 nitrogen and oxygen atoms in total. The van der Waals surface area contributed by atoms with Gasteiger partial charge in [0.2, 0.25) is 0 Å². The predicted octanol–water partition coefficient (Wildman–Crippen LogP) is 5.67. The lowest BCUT2D eigenvalue weighted by atomic mass is 9.86.